The predicted molar refractivity (Wildman–Crippen MR) is 63.0 cm³/mol. The molecule has 0 atom stereocenters. The van der Waals surface area contributed by atoms with Crippen molar-refractivity contribution in [2.75, 3.05) is 12.4 Å². The molecule has 1 heterocycles. The first-order valence-corrected chi connectivity index (χ1v) is 5.23. The molecular weight excluding hydrogens is 256 g/mol. The maximum atomic E-state index is 13.4. The molecule has 0 amide bonds. The summed E-state index contributed by atoms with van der Waals surface area (Å²) in [5.74, 6) is -2.04. The Bertz CT molecular complexity index is 582. The van der Waals surface area contributed by atoms with Gasteiger partial charge >= 0.3 is 5.97 Å². The average Bonchev–Trinajstić information content (AvgIpc) is 2.43. The van der Waals surface area contributed by atoms with Gasteiger partial charge in [0.25, 0.3) is 0 Å². The van der Waals surface area contributed by atoms with Gasteiger partial charge in [0.05, 0.1) is 19.5 Å². The van der Waals surface area contributed by atoms with E-state index in [2.05, 4.69) is 20.0 Å². The Labute approximate surface area is 107 Å². The fourth-order valence-corrected chi connectivity index (χ4v) is 1.35. The lowest BCUT2D eigenvalue weighted by Crippen LogP contribution is -2.06. The zero-order valence-electron chi connectivity index (χ0n) is 9.85. The van der Waals surface area contributed by atoms with Crippen molar-refractivity contribution in [1.82, 2.24) is 9.97 Å². The molecule has 19 heavy (non-hydrogen) atoms. The lowest BCUT2D eigenvalue weighted by molar-refractivity contribution is 0.0593. The number of carbonyl (C=O) groups excluding carboxylic acids is 1. The number of nitrogens with zero attached hydrogens (tertiary/aromatic N) is 2. The number of hydrogen-bond donors (Lipinski definition) is 1. The highest BCUT2D eigenvalue weighted by molar-refractivity contribution is 5.86. The van der Waals surface area contributed by atoms with Crippen LogP contribution in [0, 0.1) is 11.6 Å². The van der Waals surface area contributed by atoms with Crippen LogP contribution in [0.25, 0.3) is 0 Å². The highest BCUT2D eigenvalue weighted by Crippen LogP contribution is 2.21. The molecule has 7 heteroatoms. The van der Waals surface area contributed by atoms with E-state index >= 15 is 0 Å². The molecule has 0 fully saturated rings. The molecule has 98 valence electrons. The minimum Gasteiger partial charge on any atom is -0.464 e. The molecule has 0 radical (unpaired) electrons. The van der Waals surface area contributed by atoms with Crippen molar-refractivity contribution in [3.63, 3.8) is 0 Å². The second-order valence-corrected chi connectivity index (χ2v) is 3.50. The van der Waals surface area contributed by atoms with Gasteiger partial charge in [-0.3, -0.25) is 0 Å². The molecule has 0 aliphatic carbocycles. The molecule has 0 unspecified atom stereocenters. The SMILES string of the molecule is COC(=O)c1cnc(Nc2c(F)cccc2F)cn1. The quantitative estimate of drug-likeness (QED) is 0.862. The van der Waals surface area contributed by atoms with Crippen molar-refractivity contribution in [3.8, 4) is 0 Å². The van der Waals surface area contributed by atoms with E-state index in [9.17, 15) is 13.6 Å². The van der Waals surface area contributed by atoms with Gasteiger partial charge in [0.15, 0.2) is 5.69 Å². The van der Waals surface area contributed by atoms with Crippen LogP contribution >= 0.6 is 0 Å². The molecule has 0 saturated carbocycles. The van der Waals surface area contributed by atoms with Gasteiger partial charge in [0.2, 0.25) is 0 Å². The fourth-order valence-electron chi connectivity index (χ4n) is 1.35. The number of hydrogen-bond acceptors (Lipinski definition) is 5. The van der Waals surface area contributed by atoms with E-state index in [1.54, 1.807) is 0 Å². The van der Waals surface area contributed by atoms with Crippen molar-refractivity contribution in [2.45, 2.75) is 0 Å². The van der Waals surface area contributed by atoms with E-state index in [0.29, 0.717) is 0 Å². The molecule has 0 spiro atoms. The number of halogens is 2. The molecule has 2 aromatic rings. The summed E-state index contributed by atoms with van der Waals surface area (Å²) in [4.78, 5) is 18.7. The minimum absolute atomic E-state index is 0.00190. The van der Waals surface area contributed by atoms with Gasteiger partial charge in [0, 0.05) is 0 Å². The number of aromatic nitrogens is 2. The zero-order valence-corrected chi connectivity index (χ0v) is 9.85. The molecule has 0 aliphatic heterocycles. The highest BCUT2D eigenvalue weighted by Gasteiger charge is 2.11. The van der Waals surface area contributed by atoms with E-state index in [4.69, 9.17) is 0 Å². The van der Waals surface area contributed by atoms with Crippen LogP contribution in [0.15, 0.2) is 30.6 Å². The summed E-state index contributed by atoms with van der Waals surface area (Å²) in [7, 11) is 1.21. The number of carbonyl (C=O) groups is 1. The van der Waals surface area contributed by atoms with Gasteiger partial charge < -0.3 is 10.1 Å². The molecule has 1 aromatic heterocycles. The van der Waals surface area contributed by atoms with Gasteiger partial charge in [-0.2, -0.15) is 0 Å². The molecule has 0 bridgehead atoms. The van der Waals surface area contributed by atoms with Crippen LogP contribution in [-0.2, 0) is 4.74 Å². The number of nitrogens with one attached hydrogen (secondary N) is 1. The molecule has 1 N–H and O–H groups in total. The number of esters is 1. The van der Waals surface area contributed by atoms with Crippen LogP contribution in [0.2, 0.25) is 0 Å². The summed E-state index contributed by atoms with van der Waals surface area (Å²) in [6.45, 7) is 0. The third-order valence-corrected chi connectivity index (χ3v) is 2.26. The fraction of sp³-hybridized carbons (Fsp3) is 0.0833. The second-order valence-electron chi connectivity index (χ2n) is 3.50. The topological polar surface area (TPSA) is 64.1 Å². The Hall–Kier alpha value is -2.57. The number of rotatable bonds is 3. The van der Waals surface area contributed by atoms with E-state index in [-0.39, 0.29) is 17.2 Å². The van der Waals surface area contributed by atoms with E-state index in [0.717, 1.165) is 18.3 Å². The highest BCUT2D eigenvalue weighted by atomic mass is 19.1. The summed E-state index contributed by atoms with van der Waals surface area (Å²) in [5, 5.41) is 2.45. The van der Waals surface area contributed by atoms with Gasteiger partial charge in [-0.1, -0.05) is 6.07 Å². The Kier molecular flexibility index (Phi) is 3.65. The molecule has 1 aromatic carbocycles. The van der Waals surface area contributed by atoms with E-state index in [1.807, 2.05) is 0 Å². The van der Waals surface area contributed by atoms with Gasteiger partial charge in [-0.15, -0.1) is 0 Å². The van der Waals surface area contributed by atoms with Crippen molar-refractivity contribution in [1.29, 1.82) is 0 Å². The normalized spacial score (nSPS) is 10.1. The monoisotopic (exact) mass is 265 g/mol. The first kappa shape index (κ1) is 12.9. The molecule has 5 nitrogen and oxygen atoms in total. The third kappa shape index (κ3) is 2.82. The largest absolute Gasteiger partial charge is 0.464 e. The minimum atomic E-state index is -0.751. The first-order valence-electron chi connectivity index (χ1n) is 5.23. The van der Waals surface area contributed by atoms with Crippen molar-refractivity contribution in [3.05, 3.63) is 47.9 Å². The van der Waals surface area contributed by atoms with E-state index in [1.165, 1.54) is 19.4 Å². The molecule has 0 saturated heterocycles. The van der Waals surface area contributed by atoms with Crippen LogP contribution in [-0.4, -0.2) is 23.0 Å². The summed E-state index contributed by atoms with van der Waals surface area (Å²) in [6.07, 6.45) is 2.32. The number of anilines is 2. The Morgan fingerprint density at radius 3 is 2.42 bits per heavy atom. The van der Waals surface area contributed by atoms with Crippen LogP contribution in [0.1, 0.15) is 10.5 Å². The van der Waals surface area contributed by atoms with Crippen LogP contribution < -0.4 is 5.32 Å². The third-order valence-electron chi connectivity index (χ3n) is 2.26. The lowest BCUT2D eigenvalue weighted by atomic mass is 10.3. The lowest BCUT2D eigenvalue weighted by Gasteiger charge is -2.07. The first-order chi connectivity index (χ1) is 9.11. The predicted octanol–water partition coefficient (Wildman–Crippen LogP) is 2.29. The number of para-hydroxylation sites is 1. The summed E-state index contributed by atoms with van der Waals surface area (Å²) in [6, 6.07) is 3.48. The van der Waals surface area contributed by atoms with Crippen LogP contribution in [0.5, 0.6) is 0 Å². The standard InChI is InChI=1S/C12H9F2N3O2/c1-19-12(18)9-5-16-10(6-15-9)17-11-7(13)3-2-4-8(11)14/h2-6H,1H3,(H,16,17). The number of ether oxygens (including phenoxy) is 1. The van der Waals surface area contributed by atoms with E-state index < -0.39 is 17.6 Å². The van der Waals surface area contributed by atoms with Gasteiger partial charge in [0.1, 0.15) is 23.1 Å². The molecule has 0 aliphatic rings. The maximum absolute atomic E-state index is 13.4. The Balaban J connectivity index is 2.22. The van der Waals surface area contributed by atoms with Crippen LogP contribution in [0.4, 0.5) is 20.3 Å². The molecular formula is C12H9F2N3O2. The maximum Gasteiger partial charge on any atom is 0.358 e. The second kappa shape index (κ2) is 5.38. The number of methoxy groups -OCH3 is 1. The van der Waals surface area contributed by atoms with Crippen molar-refractivity contribution < 1.29 is 18.3 Å². The Morgan fingerprint density at radius 2 is 1.89 bits per heavy atom. The van der Waals surface area contributed by atoms with Crippen molar-refractivity contribution in [2.24, 2.45) is 0 Å². The van der Waals surface area contributed by atoms with Crippen molar-refractivity contribution >= 4 is 17.5 Å². The zero-order chi connectivity index (χ0) is 13.8. The molecule has 2 rings (SSSR count). The summed E-state index contributed by atoms with van der Waals surface area (Å²) in [5.41, 5.74) is -0.329. The summed E-state index contributed by atoms with van der Waals surface area (Å²) < 4.78 is 31.2. The van der Waals surface area contributed by atoms with Crippen LogP contribution in [0.3, 0.4) is 0 Å². The van der Waals surface area contributed by atoms with Gasteiger partial charge in [-0.05, 0) is 12.1 Å². The van der Waals surface area contributed by atoms with Gasteiger partial charge in [-0.25, -0.2) is 23.5 Å². The number of benzene rings is 1. The summed E-state index contributed by atoms with van der Waals surface area (Å²) >= 11 is 0. The average molecular weight is 265 g/mol. The Morgan fingerprint density at radius 1 is 1.21 bits per heavy atom. The smallest absolute Gasteiger partial charge is 0.358 e.